The first kappa shape index (κ1) is 15.5. The Morgan fingerprint density at radius 3 is 2.43 bits per heavy atom. The van der Waals surface area contributed by atoms with E-state index in [0.717, 1.165) is 17.8 Å². The minimum Gasteiger partial charge on any atom is -0.478 e. The largest absolute Gasteiger partial charge is 0.478 e. The second kappa shape index (κ2) is 6.23. The zero-order valence-electron chi connectivity index (χ0n) is 10.2. The lowest BCUT2D eigenvalue weighted by molar-refractivity contribution is -0.387. The summed E-state index contributed by atoms with van der Waals surface area (Å²) in [4.78, 5) is 21.9. The molecule has 2 aromatic carbocycles. The third-order valence-corrected chi connectivity index (χ3v) is 4.19. The number of benzene rings is 2. The van der Waals surface area contributed by atoms with Crippen molar-refractivity contribution in [1.82, 2.24) is 0 Å². The molecule has 0 spiro atoms. The number of nitro benzene ring substituents is 1. The quantitative estimate of drug-likeness (QED) is 0.638. The summed E-state index contributed by atoms with van der Waals surface area (Å²) in [7, 11) is 0. The number of hydrogen-bond acceptors (Lipinski definition) is 4. The Balaban J connectivity index is 2.36. The highest BCUT2D eigenvalue weighted by Crippen LogP contribution is 2.37. The monoisotopic (exact) mass is 371 g/mol. The van der Waals surface area contributed by atoms with Crippen LogP contribution in [0.3, 0.4) is 0 Å². The van der Waals surface area contributed by atoms with Crippen LogP contribution in [0.5, 0.6) is 0 Å². The zero-order chi connectivity index (χ0) is 15.6. The van der Waals surface area contributed by atoms with Crippen LogP contribution in [0.2, 0.25) is 0 Å². The highest BCUT2D eigenvalue weighted by atomic mass is 79.9. The van der Waals surface area contributed by atoms with Crippen LogP contribution in [0.1, 0.15) is 10.4 Å². The molecular weight excluding hydrogens is 365 g/mol. The first-order valence-corrected chi connectivity index (χ1v) is 7.14. The molecule has 0 aliphatic rings. The van der Waals surface area contributed by atoms with Crippen molar-refractivity contribution in [3.8, 4) is 0 Å². The van der Waals surface area contributed by atoms with Crippen molar-refractivity contribution in [3.05, 3.63) is 62.4 Å². The summed E-state index contributed by atoms with van der Waals surface area (Å²) >= 11 is 4.04. The van der Waals surface area contributed by atoms with Crippen LogP contribution in [-0.4, -0.2) is 16.0 Å². The maximum absolute atomic E-state index is 13.4. The fourth-order valence-corrected chi connectivity index (χ4v) is 2.97. The van der Waals surface area contributed by atoms with E-state index >= 15 is 0 Å². The van der Waals surface area contributed by atoms with Gasteiger partial charge in [-0.25, -0.2) is 9.18 Å². The number of aromatic carboxylic acids is 1. The van der Waals surface area contributed by atoms with Crippen LogP contribution >= 0.6 is 27.7 Å². The molecule has 0 radical (unpaired) electrons. The molecule has 8 heteroatoms. The molecule has 108 valence electrons. The number of carbonyl (C=O) groups is 1. The summed E-state index contributed by atoms with van der Waals surface area (Å²) in [5, 5.41) is 19.8. The average Bonchev–Trinajstić information content (AvgIpc) is 2.43. The van der Waals surface area contributed by atoms with Gasteiger partial charge in [-0.15, -0.1) is 0 Å². The molecule has 2 aromatic rings. The van der Waals surface area contributed by atoms with E-state index in [2.05, 4.69) is 15.9 Å². The van der Waals surface area contributed by atoms with Gasteiger partial charge in [-0.2, -0.15) is 0 Å². The van der Waals surface area contributed by atoms with Crippen molar-refractivity contribution >= 4 is 39.3 Å². The summed E-state index contributed by atoms with van der Waals surface area (Å²) in [5.41, 5.74) is -0.225. The van der Waals surface area contributed by atoms with Crippen LogP contribution in [0.15, 0.2) is 50.7 Å². The third-order valence-electron chi connectivity index (χ3n) is 2.53. The molecule has 0 unspecified atom stereocenters. The molecule has 0 fully saturated rings. The standard InChI is InChI=1S/C13H7BrFNO4S/c14-9-5-12(11(16(19)20)6-10(9)15)21-8-3-1-7(2-4-8)13(17)18/h1-6H,(H,17,18). The van der Waals surface area contributed by atoms with E-state index in [1.165, 1.54) is 30.3 Å². The Hall–Kier alpha value is -1.93. The molecule has 0 aliphatic heterocycles. The second-order valence-electron chi connectivity index (χ2n) is 3.92. The average molecular weight is 372 g/mol. The van der Waals surface area contributed by atoms with Gasteiger partial charge in [0, 0.05) is 4.90 Å². The number of carboxylic acids is 1. The van der Waals surface area contributed by atoms with Crippen molar-refractivity contribution < 1.29 is 19.2 Å². The Labute approximate surface area is 131 Å². The van der Waals surface area contributed by atoms with Crippen molar-refractivity contribution in [3.63, 3.8) is 0 Å². The van der Waals surface area contributed by atoms with Crippen LogP contribution in [0.4, 0.5) is 10.1 Å². The van der Waals surface area contributed by atoms with Gasteiger partial charge >= 0.3 is 5.97 Å². The molecule has 21 heavy (non-hydrogen) atoms. The predicted molar refractivity (Wildman–Crippen MR) is 78.3 cm³/mol. The maximum Gasteiger partial charge on any atom is 0.335 e. The van der Waals surface area contributed by atoms with E-state index in [0.29, 0.717) is 4.90 Å². The van der Waals surface area contributed by atoms with Gasteiger partial charge < -0.3 is 5.11 Å². The van der Waals surface area contributed by atoms with Gasteiger partial charge in [0.1, 0.15) is 5.82 Å². The van der Waals surface area contributed by atoms with Crippen LogP contribution in [0, 0.1) is 15.9 Å². The Morgan fingerprint density at radius 1 is 1.29 bits per heavy atom. The van der Waals surface area contributed by atoms with Gasteiger partial charge in [0.25, 0.3) is 5.69 Å². The van der Waals surface area contributed by atoms with Crippen molar-refractivity contribution in [2.45, 2.75) is 9.79 Å². The Bertz CT molecular complexity index is 721. The lowest BCUT2D eigenvalue weighted by Crippen LogP contribution is -1.95. The summed E-state index contributed by atoms with van der Waals surface area (Å²) in [5.74, 6) is -1.77. The fourth-order valence-electron chi connectivity index (χ4n) is 1.54. The molecule has 0 saturated heterocycles. The maximum atomic E-state index is 13.4. The van der Waals surface area contributed by atoms with Crippen molar-refractivity contribution in [2.75, 3.05) is 0 Å². The Morgan fingerprint density at radius 2 is 1.90 bits per heavy atom. The van der Waals surface area contributed by atoms with Gasteiger partial charge in [-0.1, -0.05) is 11.8 Å². The third kappa shape index (κ3) is 3.59. The predicted octanol–water partition coefficient (Wildman–Crippen LogP) is 4.35. The molecule has 0 heterocycles. The molecule has 5 nitrogen and oxygen atoms in total. The lowest BCUT2D eigenvalue weighted by atomic mass is 10.2. The van der Waals surface area contributed by atoms with E-state index in [-0.39, 0.29) is 20.6 Å². The highest BCUT2D eigenvalue weighted by Gasteiger charge is 2.18. The number of rotatable bonds is 4. The topological polar surface area (TPSA) is 80.4 Å². The van der Waals surface area contributed by atoms with E-state index in [1.807, 2.05) is 0 Å². The SMILES string of the molecule is O=C(O)c1ccc(Sc2cc(Br)c(F)cc2[N+](=O)[O-])cc1. The summed E-state index contributed by atoms with van der Waals surface area (Å²) in [6.45, 7) is 0. The van der Waals surface area contributed by atoms with E-state index in [1.54, 1.807) is 0 Å². The molecule has 0 atom stereocenters. The minimum atomic E-state index is -1.05. The van der Waals surface area contributed by atoms with Crippen molar-refractivity contribution in [2.24, 2.45) is 0 Å². The zero-order valence-corrected chi connectivity index (χ0v) is 12.6. The first-order valence-electron chi connectivity index (χ1n) is 5.53. The van der Waals surface area contributed by atoms with E-state index < -0.39 is 16.7 Å². The molecule has 0 amide bonds. The second-order valence-corrected chi connectivity index (χ2v) is 5.89. The van der Waals surface area contributed by atoms with Crippen LogP contribution in [-0.2, 0) is 0 Å². The van der Waals surface area contributed by atoms with Crippen LogP contribution < -0.4 is 0 Å². The van der Waals surface area contributed by atoms with E-state index in [4.69, 9.17) is 5.11 Å². The number of nitro groups is 1. The molecular formula is C13H7BrFNO4S. The normalized spacial score (nSPS) is 10.4. The molecule has 0 saturated carbocycles. The van der Waals surface area contributed by atoms with Gasteiger partial charge in [-0.05, 0) is 46.3 Å². The number of nitrogens with zero attached hydrogens (tertiary/aromatic N) is 1. The molecule has 1 N–H and O–H groups in total. The molecule has 0 aliphatic carbocycles. The van der Waals surface area contributed by atoms with Gasteiger partial charge in [0.2, 0.25) is 0 Å². The minimum absolute atomic E-state index is 0.120. The van der Waals surface area contributed by atoms with Crippen molar-refractivity contribution in [1.29, 1.82) is 0 Å². The van der Waals surface area contributed by atoms with Gasteiger partial charge in [0.15, 0.2) is 0 Å². The smallest absolute Gasteiger partial charge is 0.335 e. The highest BCUT2D eigenvalue weighted by molar-refractivity contribution is 9.10. The van der Waals surface area contributed by atoms with Gasteiger partial charge in [-0.3, -0.25) is 10.1 Å². The first-order chi connectivity index (χ1) is 9.88. The molecule has 0 bridgehead atoms. The molecule has 2 rings (SSSR count). The summed E-state index contributed by atoms with van der Waals surface area (Å²) < 4.78 is 13.5. The Kier molecular flexibility index (Phi) is 4.59. The lowest BCUT2D eigenvalue weighted by Gasteiger charge is -2.05. The van der Waals surface area contributed by atoms with Gasteiger partial charge in [0.05, 0.1) is 25.9 Å². The van der Waals surface area contributed by atoms with E-state index in [9.17, 15) is 19.3 Å². The molecule has 0 aromatic heterocycles. The van der Waals surface area contributed by atoms with Crippen LogP contribution in [0.25, 0.3) is 0 Å². The number of hydrogen-bond donors (Lipinski definition) is 1. The summed E-state index contributed by atoms with van der Waals surface area (Å²) in [6, 6.07) is 8.04. The number of halogens is 2. The summed E-state index contributed by atoms with van der Waals surface area (Å²) in [6.07, 6.45) is 0. The number of carboxylic acid groups (broad SMARTS) is 1. The fraction of sp³-hybridized carbons (Fsp3) is 0.